The molecule has 0 fully saturated rings. The molecule has 2 N–H and O–H groups in total. The van der Waals surface area contributed by atoms with Crippen molar-refractivity contribution in [2.24, 2.45) is 0 Å². The minimum absolute atomic E-state index is 0.126. The van der Waals surface area contributed by atoms with Gasteiger partial charge in [0.1, 0.15) is 12.7 Å². The summed E-state index contributed by atoms with van der Waals surface area (Å²) in [4.78, 5) is 48.4. The van der Waals surface area contributed by atoms with Crippen LogP contribution in [0.1, 0.15) is 188 Å². The molecule has 12 heteroatoms. The fraction of sp³-hybridized carbons (Fsp3) is 0.583. The molecular formula is C60H95O11P. The molecule has 0 saturated carbocycles. The highest BCUT2D eigenvalue weighted by Crippen LogP contribution is 2.43. The number of phosphoric ester groups is 1. The number of hydrogen-bond donors (Lipinski definition) is 2. The predicted molar refractivity (Wildman–Crippen MR) is 297 cm³/mol. The Balaban J connectivity index is 4.90. The zero-order valence-electron chi connectivity index (χ0n) is 44.6. The van der Waals surface area contributed by atoms with E-state index in [9.17, 15) is 28.9 Å². The maximum atomic E-state index is 12.9. The Labute approximate surface area is 436 Å². The van der Waals surface area contributed by atoms with Crippen molar-refractivity contribution in [3.63, 3.8) is 0 Å². The van der Waals surface area contributed by atoms with Crippen LogP contribution in [0, 0.1) is 0 Å². The minimum Gasteiger partial charge on any atom is -0.462 e. The lowest BCUT2D eigenvalue weighted by atomic mass is 10.1. The first-order valence-corrected chi connectivity index (χ1v) is 28.6. The number of phosphoric acid groups is 1. The third-order valence-corrected chi connectivity index (χ3v) is 11.5. The van der Waals surface area contributed by atoms with E-state index in [2.05, 4.69) is 148 Å². The first-order valence-electron chi connectivity index (χ1n) is 27.1. The van der Waals surface area contributed by atoms with E-state index in [1.165, 1.54) is 0 Å². The van der Waals surface area contributed by atoms with Gasteiger partial charge in [0, 0.05) is 19.3 Å². The van der Waals surface area contributed by atoms with E-state index >= 15 is 0 Å². The van der Waals surface area contributed by atoms with Crippen LogP contribution in [-0.4, -0.2) is 66.5 Å². The van der Waals surface area contributed by atoms with Gasteiger partial charge in [-0.1, -0.05) is 180 Å². The number of allylic oxidation sites excluding steroid dienone is 22. The van der Waals surface area contributed by atoms with Crippen molar-refractivity contribution in [2.45, 2.75) is 200 Å². The molecule has 0 bridgehead atoms. The summed E-state index contributed by atoms with van der Waals surface area (Å²) < 4.78 is 39.3. The molecular weight excluding hydrogens is 928 g/mol. The smallest absolute Gasteiger partial charge is 0.462 e. The van der Waals surface area contributed by atoms with Gasteiger partial charge in [-0.2, -0.15) is 0 Å². The third kappa shape index (κ3) is 50.6. The Morgan fingerprint density at radius 1 is 0.389 bits per heavy atom. The molecule has 0 heterocycles. The van der Waals surface area contributed by atoms with E-state index in [4.69, 9.17) is 23.3 Å². The Bertz CT molecular complexity index is 1710. The summed E-state index contributed by atoms with van der Waals surface area (Å²) in [5.41, 5.74) is 0. The Hall–Kier alpha value is -4.38. The average Bonchev–Trinajstić information content (AvgIpc) is 3.37. The number of carbonyl (C=O) groups is 3. The average molecular weight is 1020 g/mol. The van der Waals surface area contributed by atoms with Gasteiger partial charge in [-0.25, -0.2) is 4.57 Å². The second-order valence-electron chi connectivity index (χ2n) is 17.2. The molecule has 3 atom stereocenters. The Kier molecular flexibility index (Phi) is 49.7. The van der Waals surface area contributed by atoms with Crippen molar-refractivity contribution in [1.82, 2.24) is 0 Å². The highest BCUT2D eigenvalue weighted by Gasteiger charge is 2.28. The number of hydrogen-bond acceptors (Lipinski definition) is 10. The van der Waals surface area contributed by atoms with Gasteiger partial charge in [0.25, 0.3) is 0 Å². The van der Waals surface area contributed by atoms with E-state index in [1.54, 1.807) is 0 Å². The predicted octanol–water partition coefficient (Wildman–Crippen LogP) is 15.8. The van der Waals surface area contributed by atoms with Gasteiger partial charge >= 0.3 is 25.7 Å². The van der Waals surface area contributed by atoms with Crippen LogP contribution in [0.25, 0.3) is 0 Å². The summed E-state index contributed by atoms with van der Waals surface area (Å²) in [7, 11) is -4.78. The van der Waals surface area contributed by atoms with Gasteiger partial charge in [-0.3, -0.25) is 23.4 Å². The molecule has 3 unspecified atom stereocenters. The lowest BCUT2D eigenvalue weighted by Crippen LogP contribution is -2.30. The van der Waals surface area contributed by atoms with E-state index in [0.717, 1.165) is 122 Å². The Morgan fingerprint density at radius 2 is 0.694 bits per heavy atom. The lowest BCUT2D eigenvalue weighted by Gasteiger charge is -2.21. The molecule has 406 valence electrons. The van der Waals surface area contributed by atoms with Crippen molar-refractivity contribution < 1.29 is 52.2 Å². The molecule has 0 rings (SSSR count). The highest BCUT2D eigenvalue weighted by atomic mass is 31.2. The molecule has 0 saturated heterocycles. The Morgan fingerprint density at radius 3 is 1.10 bits per heavy atom. The maximum absolute atomic E-state index is 12.9. The summed E-state index contributed by atoms with van der Waals surface area (Å²) in [6, 6.07) is 0. The number of aliphatic hydroxyl groups is 1. The fourth-order valence-electron chi connectivity index (χ4n) is 6.54. The molecule has 0 aromatic rings. The molecule has 0 aliphatic carbocycles. The second-order valence-corrected chi connectivity index (χ2v) is 18.7. The molecule has 0 amide bonds. The van der Waals surface area contributed by atoms with Crippen LogP contribution in [0.4, 0.5) is 0 Å². The van der Waals surface area contributed by atoms with E-state index < -0.39 is 57.8 Å². The van der Waals surface area contributed by atoms with Crippen LogP contribution in [0.3, 0.4) is 0 Å². The molecule has 0 spiro atoms. The van der Waals surface area contributed by atoms with Crippen LogP contribution in [0.2, 0.25) is 0 Å². The minimum atomic E-state index is -4.78. The monoisotopic (exact) mass is 1020 g/mol. The summed E-state index contributed by atoms with van der Waals surface area (Å²) >= 11 is 0. The van der Waals surface area contributed by atoms with Crippen LogP contribution >= 0.6 is 7.82 Å². The van der Waals surface area contributed by atoms with Gasteiger partial charge in [0.2, 0.25) is 0 Å². The number of carbonyl (C=O) groups excluding carboxylic acids is 3. The molecule has 0 aromatic heterocycles. The van der Waals surface area contributed by atoms with Gasteiger partial charge in [-0.15, -0.1) is 0 Å². The maximum Gasteiger partial charge on any atom is 0.472 e. The largest absolute Gasteiger partial charge is 0.472 e. The van der Waals surface area contributed by atoms with Crippen molar-refractivity contribution in [2.75, 3.05) is 26.4 Å². The van der Waals surface area contributed by atoms with E-state index in [1.807, 2.05) is 6.08 Å². The van der Waals surface area contributed by atoms with Crippen LogP contribution in [-0.2, 0) is 42.2 Å². The number of rotatable bonds is 48. The molecule has 0 radical (unpaired) electrons. The van der Waals surface area contributed by atoms with Gasteiger partial charge in [0.15, 0.2) is 6.10 Å². The first-order chi connectivity index (χ1) is 35.2. The van der Waals surface area contributed by atoms with Crippen molar-refractivity contribution in [3.8, 4) is 0 Å². The van der Waals surface area contributed by atoms with E-state index in [-0.39, 0.29) is 25.9 Å². The van der Waals surface area contributed by atoms with Crippen LogP contribution in [0.15, 0.2) is 134 Å². The van der Waals surface area contributed by atoms with Gasteiger partial charge < -0.3 is 24.2 Å². The van der Waals surface area contributed by atoms with Crippen LogP contribution in [0.5, 0.6) is 0 Å². The normalized spacial score (nSPS) is 14.5. The third-order valence-electron chi connectivity index (χ3n) is 10.6. The van der Waals surface area contributed by atoms with E-state index in [0.29, 0.717) is 25.7 Å². The molecule has 72 heavy (non-hydrogen) atoms. The topological polar surface area (TPSA) is 155 Å². The van der Waals surface area contributed by atoms with Crippen LogP contribution < -0.4 is 0 Å². The number of unbranched alkanes of at least 4 members (excludes halogenated alkanes) is 9. The van der Waals surface area contributed by atoms with Gasteiger partial charge in [0.05, 0.1) is 19.8 Å². The summed E-state index contributed by atoms with van der Waals surface area (Å²) in [5.74, 6) is -1.61. The summed E-state index contributed by atoms with van der Waals surface area (Å²) in [6.45, 7) is 4.15. The highest BCUT2D eigenvalue weighted by molar-refractivity contribution is 7.47. The van der Waals surface area contributed by atoms with Crippen molar-refractivity contribution >= 4 is 25.7 Å². The van der Waals surface area contributed by atoms with Crippen molar-refractivity contribution in [3.05, 3.63) is 134 Å². The molecule has 0 aliphatic heterocycles. The summed E-state index contributed by atoms with van der Waals surface area (Å²) in [5, 5.41) is 9.78. The SMILES string of the molecule is CC/C=C\C/C=C\C/C=C\C/C=C\C/C=C\CCCC(=O)OCC(COP(=O)(O)OCC(CO)OC(=O)CCCCC/C=C\C/C=C\C/C=C\CC)OC(=O)CCCCCCC/C=C\C/C=C\C/C=C\CC. The number of aliphatic hydroxyl groups excluding tert-OH is 1. The first kappa shape index (κ1) is 67.6. The lowest BCUT2D eigenvalue weighted by molar-refractivity contribution is -0.161. The molecule has 0 aromatic carbocycles. The van der Waals surface area contributed by atoms with Crippen molar-refractivity contribution in [1.29, 1.82) is 0 Å². The fourth-order valence-corrected chi connectivity index (χ4v) is 7.32. The standard InChI is InChI=1S/C60H95O11P/c1-4-7-10-13-16-19-22-25-27-28-30-32-34-37-40-43-46-49-58(62)67-53-57(71-60(64)51-48-45-42-39-36-33-29-26-23-20-17-14-11-8-5-2)55-69-72(65,66)68-54-56(52-61)70-59(63)50-47-44-41-38-35-31-24-21-18-15-12-9-6-3/h7-12,16-21,25-27,29-32,35,37,40,56-57,61H,4-6,13-15,22-24,28,33-34,36,38-39,41-55H2,1-3H3,(H,65,66)/b10-7-,11-8-,12-9-,19-16-,20-17-,21-18-,27-25-,29-26-,32-30-,35-31-,40-37-. The molecule has 0 aliphatic rings. The number of ether oxygens (including phenoxy) is 3. The summed E-state index contributed by atoms with van der Waals surface area (Å²) in [6.07, 6.45) is 65.7. The number of esters is 3. The quantitative estimate of drug-likeness (QED) is 0.0197. The second kappa shape index (κ2) is 52.9. The zero-order valence-corrected chi connectivity index (χ0v) is 45.5. The molecule has 11 nitrogen and oxygen atoms in total. The zero-order chi connectivity index (χ0) is 52.7. The van der Waals surface area contributed by atoms with Gasteiger partial charge in [-0.05, 0) is 122 Å².